The number of para-hydroxylation sites is 1. The van der Waals surface area contributed by atoms with E-state index in [4.69, 9.17) is 15.2 Å². The number of anilines is 1. The Hall–Kier alpha value is -4.89. The molecule has 0 unspecified atom stereocenters. The third-order valence-electron chi connectivity index (χ3n) is 6.82. The van der Waals surface area contributed by atoms with Crippen molar-refractivity contribution in [2.75, 3.05) is 20.0 Å². The Morgan fingerprint density at radius 1 is 0.775 bits per heavy atom. The Kier molecular flexibility index (Phi) is 7.93. The van der Waals surface area contributed by atoms with Crippen LogP contribution >= 0.6 is 0 Å². The summed E-state index contributed by atoms with van der Waals surface area (Å²) in [6.45, 7) is 1.16. The fraction of sp³-hybridized carbons (Fsp3) is 0.194. The highest BCUT2D eigenvalue weighted by Crippen LogP contribution is 2.18. The molecule has 0 radical (unpaired) electrons. The van der Waals surface area contributed by atoms with Crippen LogP contribution in [0, 0.1) is 0 Å². The normalized spacial score (nSPS) is 11.1. The second-order valence-electron chi connectivity index (χ2n) is 9.45. The molecule has 0 aliphatic rings. The SMILES string of the molecule is COc1ccc(Cn2c(CNCc3cc4ccccc4nc3N)cc(=O)n(Cc3ccc(OC)cc3)c2=O)cc1. The summed E-state index contributed by atoms with van der Waals surface area (Å²) in [6, 6.07) is 26.1. The predicted molar refractivity (Wildman–Crippen MR) is 156 cm³/mol. The lowest BCUT2D eigenvalue weighted by atomic mass is 10.1. The molecule has 40 heavy (non-hydrogen) atoms. The van der Waals surface area contributed by atoms with Crippen molar-refractivity contribution in [2.24, 2.45) is 0 Å². The molecule has 0 atom stereocenters. The van der Waals surface area contributed by atoms with Crippen LogP contribution in [0.3, 0.4) is 0 Å². The number of pyridine rings is 1. The van der Waals surface area contributed by atoms with Crippen molar-refractivity contribution < 1.29 is 9.47 Å². The lowest BCUT2D eigenvalue weighted by molar-refractivity contribution is 0.414. The highest BCUT2D eigenvalue weighted by Gasteiger charge is 2.14. The smallest absolute Gasteiger partial charge is 0.331 e. The summed E-state index contributed by atoms with van der Waals surface area (Å²) in [5.74, 6) is 1.87. The molecule has 0 amide bonds. The molecule has 204 valence electrons. The van der Waals surface area contributed by atoms with Crippen LogP contribution in [0.4, 0.5) is 5.82 Å². The van der Waals surface area contributed by atoms with Crippen molar-refractivity contribution in [3.63, 3.8) is 0 Å². The van der Waals surface area contributed by atoms with E-state index in [1.807, 2.05) is 78.9 Å². The Bertz CT molecular complexity index is 1740. The first-order valence-corrected chi connectivity index (χ1v) is 12.9. The van der Waals surface area contributed by atoms with E-state index in [2.05, 4.69) is 10.3 Å². The first kappa shape index (κ1) is 26.7. The van der Waals surface area contributed by atoms with Gasteiger partial charge in [-0.05, 0) is 47.5 Å². The summed E-state index contributed by atoms with van der Waals surface area (Å²) in [5, 5.41) is 4.33. The molecule has 2 heterocycles. The van der Waals surface area contributed by atoms with Crippen molar-refractivity contribution in [3.05, 3.63) is 128 Å². The molecule has 0 bridgehead atoms. The molecule has 0 saturated carbocycles. The number of methoxy groups -OCH3 is 2. The highest BCUT2D eigenvalue weighted by atomic mass is 16.5. The van der Waals surface area contributed by atoms with Crippen molar-refractivity contribution >= 4 is 16.7 Å². The van der Waals surface area contributed by atoms with Crippen molar-refractivity contribution in [1.29, 1.82) is 0 Å². The zero-order chi connectivity index (χ0) is 28.1. The third-order valence-corrected chi connectivity index (χ3v) is 6.82. The maximum Gasteiger partial charge on any atom is 0.331 e. The number of aromatic nitrogens is 3. The maximum atomic E-state index is 13.7. The van der Waals surface area contributed by atoms with Gasteiger partial charge in [-0.15, -0.1) is 0 Å². The quantitative estimate of drug-likeness (QED) is 0.280. The second-order valence-corrected chi connectivity index (χ2v) is 9.45. The van der Waals surface area contributed by atoms with Crippen LogP contribution in [0.2, 0.25) is 0 Å². The highest BCUT2D eigenvalue weighted by molar-refractivity contribution is 5.81. The fourth-order valence-electron chi connectivity index (χ4n) is 4.59. The van der Waals surface area contributed by atoms with E-state index in [1.54, 1.807) is 18.8 Å². The molecule has 0 aliphatic heterocycles. The molecule has 9 heteroatoms. The minimum Gasteiger partial charge on any atom is -0.497 e. The zero-order valence-corrected chi connectivity index (χ0v) is 22.5. The number of fused-ring (bicyclic) bond motifs is 1. The van der Waals surface area contributed by atoms with Crippen LogP contribution in [0.5, 0.6) is 11.5 Å². The minimum atomic E-state index is -0.386. The van der Waals surface area contributed by atoms with Crippen molar-refractivity contribution in [2.45, 2.75) is 26.2 Å². The Morgan fingerprint density at radius 3 is 2.00 bits per heavy atom. The molecule has 5 aromatic rings. The molecule has 3 N–H and O–H groups in total. The summed E-state index contributed by atoms with van der Waals surface area (Å²) in [5.41, 5.74) is 9.42. The van der Waals surface area contributed by atoms with E-state index in [-0.39, 0.29) is 24.3 Å². The largest absolute Gasteiger partial charge is 0.497 e. The van der Waals surface area contributed by atoms with E-state index in [0.29, 0.717) is 30.4 Å². The standard InChI is InChI=1S/C31H31N5O4/c1-39-26-11-7-21(8-12-26)19-35-25(18-33-17-24-15-23-5-3-4-6-28(23)34-30(24)32)16-29(37)36(31(35)38)20-22-9-13-27(40-2)14-10-22/h3-16,33H,17-20H2,1-2H3,(H2,32,34). The van der Waals surface area contributed by atoms with Gasteiger partial charge in [-0.3, -0.25) is 13.9 Å². The number of nitrogens with one attached hydrogen (secondary N) is 1. The average Bonchev–Trinajstić information content (AvgIpc) is 2.98. The molecule has 0 fully saturated rings. The fourth-order valence-corrected chi connectivity index (χ4v) is 4.59. The van der Waals surface area contributed by atoms with Gasteiger partial charge in [0, 0.05) is 35.8 Å². The number of hydrogen-bond donors (Lipinski definition) is 2. The Labute approximate surface area is 231 Å². The number of nitrogens with two attached hydrogens (primary N) is 1. The Morgan fingerprint density at radius 2 is 1.38 bits per heavy atom. The van der Waals surface area contributed by atoms with Crippen LogP contribution in [0.15, 0.2) is 94.5 Å². The number of hydrogen-bond acceptors (Lipinski definition) is 7. The molecule has 5 rings (SSSR count). The first-order valence-electron chi connectivity index (χ1n) is 12.9. The van der Waals surface area contributed by atoms with E-state index in [9.17, 15) is 9.59 Å². The van der Waals surface area contributed by atoms with Crippen LogP contribution in [-0.4, -0.2) is 28.3 Å². The molecular weight excluding hydrogens is 506 g/mol. The average molecular weight is 538 g/mol. The van der Waals surface area contributed by atoms with Gasteiger partial charge in [0.2, 0.25) is 0 Å². The summed E-state index contributed by atoms with van der Waals surface area (Å²) >= 11 is 0. The maximum absolute atomic E-state index is 13.7. The van der Waals surface area contributed by atoms with Gasteiger partial charge in [0.15, 0.2) is 0 Å². The summed E-state index contributed by atoms with van der Waals surface area (Å²) in [6.07, 6.45) is 0. The molecule has 0 spiro atoms. The number of nitrogens with zero attached hydrogens (tertiary/aromatic N) is 3. The van der Waals surface area contributed by atoms with Gasteiger partial charge in [-0.2, -0.15) is 0 Å². The molecule has 0 saturated heterocycles. The van der Waals surface area contributed by atoms with E-state index >= 15 is 0 Å². The van der Waals surface area contributed by atoms with Crippen LogP contribution in [-0.2, 0) is 26.2 Å². The summed E-state index contributed by atoms with van der Waals surface area (Å²) in [7, 11) is 3.20. The van der Waals surface area contributed by atoms with Gasteiger partial charge < -0.3 is 20.5 Å². The number of benzene rings is 3. The first-order chi connectivity index (χ1) is 19.4. The van der Waals surface area contributed by atoms with Crippen LogP contribution in [0.1, 0.15) is 22.4 Å². The monoisotopic (exact) mass is 537 g/mol. The molecule has 9 nitrogen and oxygen atoms in total. The topological polar surface area (TPSA) is 113 Å². The molecular formula is C31H31N5O4. The third kappa shape index (κ3) is 5.89. The van der Waals surface area contributed by atoms with Gasteiger partial charge in [0.1, 0.15) is 17.3 Å². The molecule has 2 aromatic heterocycles. The van der Waals surface area contributed by atoms with Gasteiger partial charge in [0.25, 0.3) is 5.56 Å². The van der Waals surface area contributed by atoms with Crippen LogP contribution in [0.25, 0.3) is 10.9 Å². The lowest BCUT2D eigenvalue weighted by Crippen LogP contribution is -2.42. The number of rotatable bonds is 10. The van der Waals surface area contributed by atoms with Crippen molar-refractivity contribution in [3.8, 4) is 11.5 Å². The van der Waals surface area contributed by atoms with Gasteiger partial charge in [-0.1, -0.05) is 42.5 Å². The molecule has 0 aliphatic carbocycles. The summed E-state index contributed by atoms with van der Waals surface area (Å²) in [4.78, 5) is 31.4. The predicted octanol–water partition coefficient (Wildman–Crippen LogP) is 3.54. The number of nitrogen functional groups attached to an aromatic ring is 1. The van der Waals surface area contributed by atoms with Gasteiger partial charge in [-0.25, -0.2) is 9.78 Å². The van der Waals surface area contributed by atoms with Gasteiger partial charge in [0.05, 0.1) is 32.8 Å². The summed E-state index contributed by atoms with van der Waals surface area (Å²) < 4.78 is 13.4. The Balaban J connectivity index is 1.44. The lowest BCUT2D eigenvalue weighted by Gasteiger charge is -2.17. The van der Waals surface area contributed by atoms with E-state index < -0.39 is 0 Å². The number of ether oxygens (including phenoxy) is 2. The van der Waals surface area contributed by atoms with E-state index in [0.717, 1.165) is 33.3 Å². The van der Waals surface area contributed by atoms with Crippen LogP contribution < -0.4 is 31.8 Å². The molecule has 3 aromatic carbocycles. The van der Waals surface area contributed by atoms with E-state index in [1.165, 1.54) is 10.6 Å². The minimum absolute atomic E-state index is 0.150. The zero-order valence-electron chi connectivity index (χ0n) is 22.5. The van der Waals surface area contributed by atoms with Crippen molar-refractivity contribution in [1.82, 2.24) is 19.4 Å². The second kappa shape index (κ2) is 11.9. The van der Waals surface area contributed by atoms with Gasteiger partial charge >= 0.3 is 5.69 Å².